The molecule has 0 aromatic heterocycles. The Bertz CT molecular complexity index is 1220. The summed E-state index contributed by atoms with van der Waals surface area (Å²) >= 11 is 0. The van der Waals surface area contributed by atoms with Gasteiger partial charge in [0.05, 0.1) is 26.2 Å². The van der Waals surface area contributed by atoms with E-state index >= 15 is 0 Å². The zero-order valence-electron chi connectivity index (χ0n) is 23.4. The molecule has 2 N–H and O–H groups in total. The number of amides is 3. The molecule has 7 heteroatoms. The van der Waals surface area contributed by atoms with Crippen molar-refractivity contribution < 1.29 is 14.3 Å². The summed E-state index contributed by atoms with van der Waals surface area (Å²) in [7, 11) is 1.65. The van der Waals surface area contributed by atoms with Gasteiger partial charge in [-0.3, -0.25) is 10.2 Å². The maximum atomic E-state index is 13.5. The van der Waals surface area contributed by atoms with Crippen LogP contribution in [0.5, 0.6) is 5.75 Å². The molecule has 0 spiro atoms. The summed E-state index contributed by atoms with van der Waals surface area (Å²) in [5, 5.41) is 4.63. The number of benzene rings is 3. The molecule has 39 heavy (non-hydrogen) atoms. The zero-order valence-corrected chi connectivity index (χ0v) is 23.4. The van der Waals surface area contributed by atoms with Gasteiger partial charge in [0, 0.05) is 6.54 Å². The average Bonchev–Trinajstić information content (AvgIpc) is 3.24. The van der Waals surface area contributed by atoms with Crippen LogP contribution in [0.25, 0.3) is 0 Å². The van der Waals surface area contributed by atoms with Gasteiger partial charge < -0.3 is 15.0 Å². The Hall–Kier alpha value is -3.84. The number of urea groups is 1. The molecule has 0 radical (unpaired) electrons. The van der Waals surface area contributed by atoms with E-state index in [0.29, 0.717) is 26.1 Å². The fraction of sp³-hybridized carbons (Fsp3) is 0.375. The maximum Gasteiger partial charge on any atom is 0.339 e. The summed E-state index contributed by atoms with van der Waals surface area (Å²) in [6.07, 6.45) is 1.54. The Kier molecular flexibility index (Phi) is 9.25. The molecule has 3 aromatic carbocycles. The fourth-order valence-electron chi connectivity index (χ4n) is 4.78. The molecule has 3 amide bonds. The van der Waals surface area contributed by atoms with E-state index < -0.39 is 0 Å². The molecule has 1 aliphatic heterocycles. The van der Waals surface area contributed by atoms with Crippen LogP contribution >= 0.6 is 0 Å². The summed E-state index contributed by atoms with van der Waals surface area (Å²) in [5.41, 5.74) is 7.52. The van der Waals surface area contributed by atoms with Gasteiger partial charge in [-0.15, -0.1) is 0 Å². The van der Waals surface area contributed by atoms with Crippen molar-refractivity contribution in [1.29, 1.82) is 0 Å². The lowest BCUT2D eigenvalue weighted by atomic mass is 9.86. The van der Waals surface area contributed by atoms with Crippen LogP contribution in [-0.4, -0.2) is 55.1 Å². The minimum atomic E-state index is -0.227. The lowest BCUT2D eigenvalue weighted by Gasteiger charge is -2.25. The second-order valence-corrected chi connectivity index (χ2v) is 11.0. The lowest BCUT2D eigenvalue weighted by Crippen LogP contribution is -2.48. The fourth-order valence-corrected chi connectivity index (χ4v) is 4.78. The van der Waals surface area contributed by atoms with E-state index in [9.17, 15) is 9.59 Å². The highest BCUT2D eigenvalue weighted by atomic mass is 16.5. The van der Waals surface area contributed by atoms with Crippen molar-refractivity contribution in [3.63, 3.8) is 0 Å². The molecular formula is C32H40N4O3. The van der Waals surface area contributed by atoms with Crippen LogP contribution in [0.15, 0.2) is 78.9 Å². The molecule has 1 saturated heterocycles. The largest absolute Gasteiger partial charge is 0.497 e. The Balaban J connectivity index is 1.40. The van der Waals surface area contributed by atoms with Crippen molar-refractivity contribution in [2.24, 2.45) is 0 Å². The molecule has 0 bridgehead atoms. The third-order valence-electron chi connectivity index (χ3n) is 7.15. The Morgan fingerprint density at radius 1 is 0.923 bits per heavy atom. The van der Waals surface area contributed by atoms with Gasteiger partial charge in [-0.2, -0.15) is 0 Å². The third-order valence-corrected chi connectivity index (χ3v) is 7.15. The molecular weight excluding hydrogens is 488 g/mol. The molecule has 1 unspecified atom stereocenters. The van der Waals surface area contributed by atoms with E-state index in [-0.39, 0.29) is 29.9 Å². The van der Waals surface area contributed by atoms with E-state index in [1.54, 1.807) is 7.11 Å². The highest BCUT2D eigenvalue weighted by Crippen LogP contribution is 2.31. The first-order valence-electron chi connectivity index (χ1n) is 13.6. The van der Waals surface area contributed by atoms with Crippen LogP contribution in [0, 0.1) is 0 Å². The molecule has 1 aliphatic rings. The number of carbonyl (C=O) groups excluding carboxylic acids is 2. The monoisotopic (exact) mass is 528 g/mol. The van der Waals surface area contributed by atoms with E-state index in [1.165, 1.54) is 16.1 Å². The van der Waals surface area contributed by atoms with Crippen LogP contribution in [-0.2, 0) is 23.1 Å². The second-order valence-electron chi connectivity index (χ2n) is 11.0. The van der Waals surface area contributed by atoms with Gasteiger partial charge in [0.1, 0.15) is 5.75 Å². The van der Waals surface area contributed by atoms with Crippen molar-refractivity contribution >= 4 is 11.9 Å². The molecule has 7 nitrogen and oxygen atoms in total. The first-order valence-corrected chi connectivity index (χ1v) is 13.6. The molecule has 1 atom stereocenters. The lowest BCUT2D eigenvalue weighted by molar-refractivity contribution is -0.123. The number of hydrogen-bond acceptors (Lipinski definition) is 4. The predicted octanol–water partition coefficient (Wildman–Crippen LogP) is 4.88. The van der Waals surface area contributed by atoms with Gasteiger partial charge in [-0.1, -0.05) is 87.5 Å². The van der Waals surface area contributed by atoms with Crippen molar-refractivity contribution in [1.82, 2.24) is 20.7 Å². The first kappa shape index (κ1) is 28.2. The standard InChI is InChI=1S/C32H40N4O3/c1-32(2,3)27-14-12-26(13-15-27)29-23-36(34-30(37)22-33-20-18-24-8-6-5-7-9-24)31(38)35(29)21-19-25-10-16-28(39-4)17-11-25/h5-17,29,33H,18-23H2,1-4H3,(H,34,37). The van der Waals surface area contributed by atoms with Crippen LogP contribution in [0.3, 0.4) is 0 Å². The van der Waals surface area contributed by atoms with Gasteiger partial charge >= 0.3 is 6.03 Å². The summed E-state index contributed by atoms with van der Waals surface area (Å²) in [6, 6.07) is 26.2. The van der Waals surface area contributed by atoms with E-state index in [1.807, 2.05) is 47.4 Å². The number of methoxy groups -OCH3 is 1. The smallest absolute Gasteiger partial charge is 0.339 e. The number of nitrogens with one attached hydrogen (secondary N) is 2. The maximum absolute atomic E-state index is 13.5. The van der Waals surface area contributed by atoms with Crippen LogP contribution < -0.4 is 15.5 Å². The van der Waals surface area contributed by atoms with Crippen LogP contribution in [0.2, 0.25) is 0 Å². The average molecular weight is 529 g/mol. The highest BCUT2D eigenvalue weighted by Gasteiger charge is 2.38. The Morgan fingerprint density at radius 2 is 1.59 bits per heavy atom. The normalized spacial score (nSPS) is 15.5. The minimum Gasteiger partial charge on any atom is -0.497 e. The van der Waals surface area contributed by atoms with Crippen molar-refractivity contribution in [2.75, 3.05) is 33.3 Å². The summed E-state index contributed by atoms with van der Waals surface area (Å²) in [6.45, 7) is 8.33. The molecule has 206 valence electrons. The number of carbonyl (C=O) groups is 2. The molecule has 1 heterocycles. The molecule has 3 aromatic rings. The number of nitrogens with zero attached hydrogens (tertiary/aromatic N) is 2. The number of rotatable bonds is 11. The Labute approximate surface area is 232 Å². The summed E-state index contributed by atoms with van der Waals surface area (Å²) in [4.78, 5) is 28.0. The summed E-state index contributed by atoms with van der Waals surface area (Å²) in [5.74, 6) is 0.578. The highest BCUT2D eigenvalue weighted by molar-refractivity contribution is 5.84. The molecule has 0 aliphatic carbocycles. The number of hydrogen-bond donors (Lipinski definition) is 2. The van der Waals surface area contributed by atoms with Crippen molar-refractivity contribution in [2.45, 2.75) is 45.1 Å². The minimum absolute atomic E-state index is 0.0472. The molecule has 4 rings (SSSR count). The predicted molar refractivity (Wildman–Crippen MR) is 155 cm³/mol. The van der Waals surface area contributed by atoms with Gasteiger partial charge in [-0.25, -0.2) is 9.80 Å². The molecule has 0 saturated carbocycles. The van der Waals surface area contributed by atoms with E-state index in [2.05, 4.69) is 67.9 Å². The summed E-state index contributed by atoms with van der Waals surface area (Å²) < 4.78 is 5.26. The number of ether oxygens (including phenoxy) is 1. The van der Waals surface area contributed by atoms with Crippen LogP contribution in [0.1, 0.15) is 49.1 Å². The second kappa shape index (κ2) is 12.8. The molecule has 1 fully saturated rings. The third kappa shape index (κ3) is 7.60. The van der Waals surface area contributed by atoms with E-state index in [4.69, 9.17) is 4.74 Å². The van der Waals surface area contributed by atoms with Crippen molar-refractivity contribution in [3.8, 4) is 5.75 Å². The SMILES string of the molecule is COc1ccc(CCN2C(=O)N(NC(=O)CNCCc3ccccc3)CC2c2ccc(C(C)(C)C)cc2)cc1. The van der Waals surface area contributed by atoms with Crippen molar-refractivity contribution in [3.05, 3.63) is 101 Å². The topological polar surface area (TPSA) is 73.9 Å². The number of hydrazine groups is 1. The van der Waals surface area contributed by atoms with Gasteiger partial charge in [0.15, 0.2) is 0 Å². The van der Waals surface area contributed by atoms with Gasteiger partial charge in [-0.05, 0) is 59.2 Å². The van der Waals surface area contributed by atoms with Gasteiger partial charge in [0.25, 0.3) is 5.91 Å². The first-order chi connectivity index (χ1) is 18.7. The quantitative estimate of drug-likeness (QED) is 0.348. The van der Waals surface area contributed by atoms with Crippen LogP contribution in [0.4, 0.5) is 4.79 Å². The van der Waals surface area contributed by atoms with Gasteiger partial charge in [0.2, 0.25) is 0 Å². The van der Waals surface area contributed by atoms with E-state index in [0.717, 1.165) is 23.3 Å². The Morgan fingerprint density at radius 3 is 2.23 bits per heavy atom. The zero-order chi connectivity index (χ0) is 27.8.